The van der Waals surface area contributed by atoms with Gasteiger partial charge >= 0.3 is 0 Å². The van der Waals surface area contributed by atoms with Crippen molar-refractivity contribution < 1.29 is 9.59 Å². The van der Waals surface area contributed by atoms with Crippen LogP contribution in [0.25, 0.3) is 0 Å². The number of rotatable bonds is 5. The fourth-order valence-corrected chi connectivity index (χ4v) is 2.50. The van der Waals surface area contributed by atoms with E-state index in [0.717, 1.165) is 32.1 Å². The summed E-state index contributed by atoms with van der Waals surface area (Å²) in [6.45, 7) is 3.02. The maximum absolute atomic E-state index is 12.3. The number of nitrogens with two attached hydrogens (primary N) is 1. The second-order valence-electron chi connectivity index (χ2n) is 5.31. The normalized spacial score (nSPS) is 25.0. The Morgan fingerprint density at radius 1 is 1.39 bits per heavy atom. The summed E-state index contributed by atoms with van der Waals surface area (Å²) >= 11 is 0. The van der Waals surface area contributed by atoms with Gasteiger partial charge in [0.1, 0.15) is 6.04 Å². The van der Waals surface area contributed by atoms with Gasteiger partial charge in [0, 0.05) is 19.1 Å². The van der Waals surface area contributed by atoms with E-state index in [1.807, 2.05) is 6.92 Å². The monoisotopic (exact) mass is 253 g/mol. The maximum Gasteiger partial charge on any atom is 0.243 e. The third-order valence-electron chi connectivity index (χ3n) is 3.89. The number of amides is 2. The van der Waals surface area contributed by atoms with Crippen molar-refractivity contribution in [2.45, 2.75) is 51.1 Å². The highest BCUT2D eigenvalue weighted by Gasteiger charge is 2.37. The van der Waals surface area contributed by atoms with Crippen molar-refractivity contribution in [3.63, 3.8) is 0 Å². The first-order valence-electron chi connectivity index (χ1n) is 6.98. The van der Waals surface area contributed by atoms with Crippen LogP contribution in [0.5, 0.6) is 0 Å². The first-order valence-corrected chi connectivity index (χ1v) is 6.98. The molecule has 2 amide bonds. The lowest BCUT2D eigenvalue weighted by Crippen LogP contribution is -2.49. The number of carbonyl (C=O) groups excluding carboxylic acids is 2. The Balaban J connectivity index is 1.97. The van der Waals surface area contributed by atoms with E-state index in [9.17, 15) is 9.59 Å². The van der Waals surface area contributed by atoms with Crippen molar-refractivity contribution >= 4 is 11.8 Å². The van der Waals surface area contributed by atoms with E-state index >= 15 is 0 Å². The molecule has 5 heteroatoms. The molecule has 1 heterocycles. The second-order valence-corrected chi connectivity index (χ2v) is 5.31. The van der Waals surface area contributed by atoms with Crippen molar-refractivity contribution in [1.82, 2.24) is 10.2 Å². The van der Waals surface area contributed by atoms with Crippen LogP contribution in [0, 0.1) is 5.92 Å². The first-order chi connectivity index (χ1) is 8.67. The molecular weight excluding hydrogens is 230 g/mol. The number of carbonyl (C=O) groups is 2. The molecule has 0 spiro atoms. The van der Waals surface area contributed by atoms with Gasteiger partial charge in [-0.15, -0.1) is 0 Å². The maximum atomic E-state index is 12.3. The van der Waals surface area contributed by atoms with E-state index in [1.54, 1.807) is 4.90 Å². The number of likely N-dealkylation sites (tertiary alicyclic amines) is 1. The number of hydrogen-bond donors (Lipinski definition) is 2. The molecule has 5 nitrogen and oxygen atoms in total. The molecule has 3 N–H and O–H groups in total. The van der Waals surface area contributed by atoms with Gasteiger partial charge in [-0.25, -0.2) is 0 Å². The Labute approximate surface area is 108 Å². The van der Waals surface area contributed by atoms with E-state index < -0.39 is 0 Å². The Morgan fingerprint density at radius 2 is 2.11 bits per heavy atom. The average molecular weight is 253 g/mol. The van der Waals surface area contributed by atoms with E-state index in [4.69, 9.17) is 5.73 Å². The second kappa shape index (κ2) is 5.69. The average Bonchev–Trinajstić information content (AvgIpc) is 3.04. The molecule has 0 radical (unpaired) electrons. The zero-order valence-electron chi connectivity index (χ0n) is 11.0. The predicted octanol–water partition coefficient (Wildman–Crippen LogP) is 0.241. The molecule has 0 bridgehead atoms. The van der Waals surface area contributed by atoms with Crippen LogP contribution < -0.4 is 11.1 Å². The van der Waals surface area contributed by atoms with Crippen LogP contribution in [-0.2, 0) is 9.59 Å². The minimum Gasteiger partial charge on any atom is -0.352 e. The van der Waals surface area contributed by atoms with Crippen LogP contribution >= 0.6 is 0 Å². The van der Waals surface area contributed by atoms with Crippen molar-refractivity contribution in [2.75, 3.05) is 13.1 Å². The fourth-order valence-electron chi connectivity index (χ4n) is 2.50. The lowest BCUT2D eigenvalue weighted by atomic mass is 10.0. The van der Waals surface area contributed by atoms with E-state index in [-0.39, 0.29) is 23.8 Å². The number of hydrogen-bond acceptors (Lipinski definition) is 3. The molecule has 1 saturated heterocycles. The SMILES string of the molecule is CCC(CN)C(=O)N1CCCC1C(=O)NC1CC1. The quantitative estimate of drug-likeness (QED) is 0.737. The zero-order valence-corrected chi connectivity index (χ0v) is 11.0. The van der Waals surface area contributed by atoms with Crippen molar-refractivity contribution in [3.8, 4) is 0 Å². The smallest absolute Gasteiger partial charge is 0.243 e. The van der Waals surface area contributed by atoms with Gasteiger partial charge in [0.25, 0.3) is 0 Å². The summed E-state index contributed by atoms with van der Waals surface area (Å²) in [5.41, 5.74) is 5.62. The molecule has 1 saturated carbocycles. The summed E-state index contributed by atoms with van der Waals surface area (Å²) in [6.07, 6.45) is 4.59. The third kappa shape index (κ3) is 2.83. The Kier molecular flexibility index (Phi) is 4.22. The van der Waals surface area contributed by atoms with Crippen molar-refractivity contribution in [1.29, 1.82) is 0 Å². The standard InChI is InChI=1S/C13H23N3O2/c1-2-9(8-14)13(18)16-7-3-4-11(16)12(17)15-10-5-6-10/h9-11H,2-8,14H2,1H3,(H,15,17). The van der Waals surface area contributed by atoms with Gasteiger partial charge in [-0.2, -0.15) is 0 Å². The lowest BCUT2D eigenvalue weighted by molar-refractivity contribution is -0.141. The van der Waals surface area contributed by atoms with Gasteiger partial charge in [0.05, 0.1) is 5.92 Å². The van der Waals surface area contributed by atoms with Crippen molar-refractivity contribution in [3.05, 3.63) is 0 Å². The molecule has 2 atom stereocenters. The van der Waals surface area contributed by atoms with E-state index in [1.165, 1.54) is 0 Å². The number of nitrogens with one attached hydrogen (secondary N) is 1. The Morgan fingerprint density at radius 3 is 2.67 bits per heavy atom. The van der Waals surface area contributed by atoms with Gasteiger partial charge in [-0.05, 0) is 32.1 Å². The molecule has 0 aromatic heterocycles. The van der Waals surface area contributed by atoms with Crippen LogP contribution in [0.1, 0.15) is 39.0 Å². The molecule has 2 rings (SSSR count). The highest BCUT2D eigenvalue weighted by atomic mass is 16.2. The van der Waals surface area contributed by atoms with Crippen LogP contribution in [-0.4, -0.2) is 41.9 Å². The molecular formula is C13H23N3O2. The highest BCUT2D eigenvalue weighted by Crippen LogP contribution is 2.23. The summed E-state index contributed by atoms with van der Waals surface area (Å²) < 4.78 is 0. The zero-order chi connectivity index (χ0) is 13.1. The van der Waals surface area contributed by atoms with E-state index in [2.05, 4.69) is 5.32 Å². The predicted molar refractivity (Wildman–Crippen MR) is 68.7 cm³/mol. The Bertz CT molecular complexity index is 324. The van der Waals surface area contributed by atoms with Gasteiger partial charge in [0.2, 0.25) is 11.8 Å². The molecule has 2 fully saturated rings. The Hall–Kier alpha value is -1.10. The van der Waals surface area contributed by atoms with Crippen LogP contribution in [0.4, 0.5) is 0 Å². The fraction of sp³-hybridized carbons (Fsp3) is 0.846. The minimum absolute atomic E-state index is 0.0234. The molecule has 102 valence electrons. The lowest BCUT2D eigenvalue weighted by Gasteiger charge is -2.27. The van der Waals surface area contributed by atoms with E-state index in [0.29, 0.717) is 19.1 Å². The highest BCUT2D eigenvalue weighted by molar-refractivity contribution is 5.89. The molecule has 0 aromatic carbocycles. The van der Waals surface area contributed by atoms with Gasteiger partial charge in [0.15, 0.2) is 0 Å². The summed E-state index contributed by atoms with van der Waals surface area (Å²) in [7, 11) is 0. The molecule has 1 aliphatic heterocycles. The largest absolute Gasteiger partial charge is 0.352 e. The van der Waals surface area contributed by atoms with Crippen molar-refractivity contribution in [2.24, 2.45) is 11.7 Å². The number of nitrogens with zero attached hydrogens (tertiary/aromatic N) is 1. The molecule has 2 aliphatic rings. The van der Waals surface area contributed by atoms with Crippen LogP contribution in [0.15, 0.2) is 0 Å². The van der Waals surface area contributed by atoms with Gasteiger partial charge in [-0.3, -0.25) is 9.59 Å². The molecule has 18 heavy (non-hydrogen) atoms. The van der Waals surface area contributed by atoms with Crippen LogP contribution in [0.3, 0.4) is 0 Å². The third-order valence-corrected chi connectivity index (χ3v) is 3.89. The molecule has 1 aliphatic carbocycles. The summed E-state index contributed by atoms with van der Waals surface area (Å²) in [5, 5.41) is 2.99. The van der Waals surface area contributed by atoms with Gasteiger partial charge in [-0.1, -0.05) is 6.92 Å². The van der Waals surface area contributed by atoms with Gasteiger partial charge < -0.3 is 16.0 Å². The first kappa shape index (κ1) is 13.3. The summed E-state index contributed by atoms with van der Waals surface area (Å²) in [4.78, 5) is 26.1. The molecule has 2 unspecified atom stereocenters. The summed E-state index contributed by atoms with van der Waals surface area (Å²) in [5.74, 6) is -0.0667. The molecule has 0 aromatic rings. The minimum atomic E-state index is -0.265. The van der Waals surface area contributed by atoms with Crippen LogP contribution in [0.2, 0.25) is 0 Å². The topological polar surface area (TPSA) is 75.4 Å². The summed E-state index contributed by atoms with van der Waals surface area (Å²) in [6, 6.07) is 0.0882.